The Morgan fingerprint density at radius 2 is 2.10 bits per heavy atom. The maximum atomic E-state index is 13.7. The Bertz CT molecular complexity index is 870. The first kappa shape index (κ1) is 22.7. The van der Waals surface area contributed by atoms with Gasteiger partial charge in [0.2, 0.25) is 5.91 Å². The summed E-state index contributed by atoms with van der Waals surface area (Å²) in [6.45, 7) is 7.59. The summed E-state index contributed by atoms with van der Waals surface area (Å²) in [6, 6.07) is 6.36. The molecule has 1 saturated heterocycles. The number of likely N-dealkylation sites (tertiary alicyclic amines) is 1. The van der Waals surface area contributed by atoms with Gasteiger partial charge in [0.15, 0.2) is 11.6 Å². The smallest absolute Gasteiger partial charge is 0.222 e. The Balaban J connectivity index is 1.62. The topological polar surface area (TPSA) is 62.7 Å². The SMILES string of the molecule is Cc1nc([C@]2(O)CCCN(C(=O)CC(C)C)CC2)sc1CCOc1ccccc1F. The Hall–Kier alpha value is -1.99. The molecule has 1 aromatic carbocycles. The van der Waals surface area contributed by atoms with Crippen molar-refractivity contribution in [1.29, 1.82) is 0 Å². The lowest BCUT2D eigenvalue weighted by Crippen LogP contribution is -2.34. The predicted molar refractivity (Wildman–Crippen MR) is 116 cm³/mol. The lowest BCUT2D eigenvalue weighted by molar-refractivity contribution is -0.132. The second-order valence-corrected chi connectivity index (χ2v) is 9.50. The lowest BCUT2D eigenvalue weighted by Gasteiger charge is -2.25. The standard InChI is InChI=1S/C23H31FN2O3S/c1-16(2)15-21(27)26-12-6-10-23(28,11-13-26)22-25-17(3)20(30-22)9-14-29-19-8-5-4-7-18(19)24/h4-5,7-8,16,28H,6,9-15H2,1-3H3/t23-/m0/s1. The average molecular weight is 435 g/mol. The van der Waals surface area contributed by atoms with Gasteiger partial charge in [-0.25, -0.2) is 9.37 Å². The minimum Gasteiger partial charge on any atom is -0.490 e. The van der Waals surface area contributed by atoms with Gasteiger partial charge in [-0.2, -0.15) is 0 Å². The highest BCUT2D eigenvalue weighted by atomic mass is 32.1. The number of thiazole rings is 1. The van der Waals surface area contributed by atoms with Crippen molar-refractivity contribution >= 4 is 17.2 Å². The van der Waals surface area contributed by atoms with Crippen LogP contribution < -0.4 is 4.74 Å². The fourth-order valence-corrected chi connectivity index (χ4v) is 4.92. The zero-order chi connectivity index (χ0) is 21.7. The van der Waals surface area contributed by atoms with Gasteiger partial charge in [0, 0.05) is 37.2 Å². The molecule has 0 bridgehead atoms. The van der Waals surface area contributed by atoms with Crippen LogP contribution in [0.15, 0.2) is 24.3 Å². The number of benzene rings is 1. The van der Waals surface area contributed by atoms with Crippen LogP contribution in [0.25, 0.3) is 0 Å². The van der Waals surface area contributed by atoms with Crippen LogP contribution in [0.4, 0.5) is 4.39 Å². The van der Waals surface area contributed by atoms with E-state index in [1.54, 1.807) is 18.2 Å². The molecule has 1 fully saturated rings. The van der Waals surface area contributed by atoms with E-state index in [2.05, 4.69) is 4.98 Å². The quantitative estimate of drug-likeness (QED) is 0.699. The molecule has 1 N–H and O–H groups in total. The molecule has 3 rings (SSSR count). The molecule has 2 heterocycles. The van der Waals surface area contributed by atoms with Crippen LogP contribution in [0.1, 0.15) is 55.1 Å². The van der Waals surface area contributed by atoms with Crippen molar-refractivity contribution in [3.8, 4) is 5.75 Å². The number of nitrogens with zero attached hydrogens (tertiary/aromatic N) is 2. The number of rotatable bonds is 7. The van der Waals surface area contributed by atoms with Crippen LogP contribution in [0.3, 0.4) is 0 Å². The van der Waals surface area contributed by atoms with Gasteiger partial charge in [-0.05, 0) is 37.8 Å². The minimum absolute atomic E-state index is 0.163. The summed E-state index contributed by atoms with van der Waals surface area (Å²) in [4.78, 5) is 20.0. The van der Waals surface area contributed by atoms with Crippen molar-refractivity contribution in [2.75, 3.05) is 19.7 Å². The molecule has 30 heavy (non-hydrogen) atoms. The summed E-state index contributed by atoms with van der Waals surface area (Å²) < 4.78 is 19.3. The van der Waals surface area contributed by atoms with Crippen LogP contribution >= 0.6 is 11.3 Å². The van der Waals surface area contributed by atoms with E-state index in [4.69, 9.17) is 4.74 Å². The number of halogens is 1. The van der Waals surface area contributed by atoms with Gasteiger partial charge in [-0.1, -0.05) is 26.0 Å². The highest BCUT2D eigenvalue weighted by Gasteiger charge is 2.36. The summed E-state index contributed by atoms with van der Waals surface area (Å²) in [5.41, 5.74) is -0.134. The van der Waals surface area contributed by atoms with E-state index >= 15 is 0 Å². The van der Waals surface area contributed by atoms with Crippen molar-refractivity contribution < 1.29 is 19.0 Å². The average Bonchev–Trinajstić information content (AvgIpc) is 2.94. The molecule has 7 heteroatoms. The molecule has 5 nitrogen and oxygen atoms in total. The Kier molecular flexibility index (Phi) is 7.47. The van der Waals surface area contributed by atoms with Crippen molar-refractivity contribution in [2.24, 2.45) is 5.92 Å². The monoisotopic (exact) mass is 434 g/mol. The summed E-state index contributed by atoms with van der Waals surface area (Å²) in [5.74, 6) is 0.364. The maximum Gasteiger partial charge on any atom is 0.222 e. The van der Waals surface area contributed by atoms with Crippen LogP contribution in [0, 0.1) is 18.7 Å². The molecule has 1 amide bonds. The maximum absolute atomic E-state index is 13.7. The Labute approximate surface area is 181 Å². The van der Waals surface area contributed by atoms with Gasteiger partial charge in [-0.15, -0.1) is 11.3 Å². The van der Waals surface area contributed by atoms with Crippen molar-refractivity contribution in [2.45, 2.75) is 58.5 Å². The number of aryl methyl sites for hydroxylation is 1. The molecular formula is C23H31FN2O3S. The molecule has 0 aliphatic carbocycles. The van der Waals surface area contributed by atoms with Crippen molar-refractivity contribution in [1.82, 2.24) is 9.88 Å². The molecule has 164 valence electrons. The minimum atomic E-state index is -1.01. The van der Waals surface area contributed by atoms with E-state index in [1.807, 2.05) is 25.7 Å². The first-order valence-electron chi connectivity index (χ1n) is 10.6. The van der Waals surface area contributed by atoms with Crippen molar-refractivity contribution in [3.63, 3.8) is 0 Å². The summed E-state index contributed by atoms with van der Waals surface area (Å²) in [6.07, 6.45) is 2.99. The van der Waals surface area contributed by atoms with E-state index in [-0.39, 0.29) is 17.5 Å². The molecule has 0 saturated carbocycles. The number of carbonyl (C=O) groups excluding carboxylic acids is 1. The number of hydrogen-bond acceptors (Lipinski definition) is 5. The number of amides is 1. The van der Waals surface area contributed by atoms with E-state index < -0.39 is 5.60 Å². The molecule has 1 aliphatic heterocycles. The number of carbonyl (C=O) groups is 1. The Morgan fingerprint density at radius 3 is 2.83 bits per heavy atom. The highest BCUT2D eigenvalue weighted by Crippen LogP contribution is 2.37. The first-order valence-corrected chi connectivity index (χ1v) is 11.4. The predicted octanol–water partition coefficient (Wildman–Crippen LogP) is 4.46. The fraction of sp³-hybridized carbons (Fsp3) is 0.565. The second kappa shape index (κ2) is 9.88. The van der Waals surface area contributed by atoms with Crippen LogP contribution in [0.2, 0.25) is 0 Å². The van der Waals surface area contributed by atoms with Gasteiger partial charge in [0.25, 0.3) is 0 Å². The van der Waals surface area contributed by atoms with Crippen LogP contribution in [-0.2, 0) is 16.8 Å². The first-order chi connectivity index (χ1) is 14.3. The molecule has 1 aliphatic rings. The molecule has 0 radical (unpaired) electrons. The molecule has 1 aromatic heterocycles. The summed E-state index contributed by atoms with van der Waals surface area (Å²) in [5, 5.41) is 12.0. The zero-order valence-corrected chi connectivity index (χ0v) is 18.8. The van der Waals surface area contributed by atoms with Gasteiger partial charge >= 0.3 is 0 Å². The third kappa shape index (κ3) is 5.58. The van der Waals surface area contributed by atoms with E-state index in [9.17, 15) is 14.3 Å². The molecule has 0 spiro atoms. The fourth-order valence-electron chi connectivity index (χ4n) is 3.74. The number of ether oxygens (including phenoxy) is 1. The third-order valence-corrected chi connectivity index (χ3v) is 6.87. The van der Waals surface area contributed by atoms with Crippen LogP contribution in [-0.4, -0.2) is 40.6 Å². The normalized spacial score (nSPS) is 19.7. The second-order valence-electron chi connectivity index (χ2n) is 8.42. The van der Waals surface area contributed by atoms with E-state index in [0.29, 0.717) is 56.3 Å². The van der Waals surface area contributed by atoms with Crippen molar-refractivity contribution in [3.05, 3.63) is 45.7 Å². The van der Waals surface area contributed by atoms with Gasteiger partial charge in [0.05, 0.1) is 12.3 Å². The zero-order valence-electron chi connectivity index (χ0n) is 18.0. The number of aliphatic hydroxyl groups is 1. The largest absolute Gasteiger partial charge is 0.490 e. The van der Waals surface area contributed by atoms with E-state index in [1.165, 1.54) is 17.4 Å². The Morgan fingerprint density at radius 1 is 1.33 bits per heavy atom. The summed E-state index contributed by atoms with van der Waals surface area (Å²) >= 11 is 1.50. The van der Waals surface area contributed by atoms with Gasteiger partial charge < -0.3 is 14.7 Å². The lowest BCUT2D eigenvalue weighted by atomic mass is 9.96. The molecule has 0 unspecified atom stereocenters. The number of para-hydroxylation sites is 1. The van der Waals surface area contributed by atoms with Gasteiger partial charge in [-0.3, -0.25) is 4.79 Å². The van der Waals surface area contributed by atoms with Gasteiger partial charge in [0.1, 0.15) is 10.6 Å². The number of hydrogen-bond donors (Lipinski definition) is 1. The third-order valence-electron chi connectivity index (χ3n) is 5.46. The molecular weight excluding hydrogens is 403 g/mol. The summed E-state index contributed by atoms with van der Waals surface area (Å²) in [7, 11) is 0. The highest BCUT2D eigenvalue weighted by molar-refractivity contribution is 7.11. The molecule has 2 aromatic rings. The molecule has 1 atom stereocenters. The number of aromatic nitrogens is 1. The van der Waals surface area contributed by atoms with Crippen LogP contribution in [0.5, 0.6) is 5.75 Å². The van der Waals surface area contributed by atoms with E-state index in [0.717, 1.165) is 17.0 Å².